The fourth-order valence-corrected chi connectivity index (χ4v) is 1.92. The average Bonchev–Trinajstić information content (AvgIpc) is 2.55. The molecule has 28 heavy (non-hydrogen) atoms. The third kappa shape index (κ3) is 7.66. The Hall–Kier alpha value is -3.08. The molecule has 0 radical (unpaired) electrons. The van der Waals surface area contributed by atoms with Crippen molar-refractivity contribution < 1.29 is 31.1 Å². The summed E-state index contributed by atoms with van der Waals surface area (Å²) in [6.45, 7) is 0. The fraction of sp³-hybridized carbons (Fsp3) is 0.176. The van der Waals surface area contributed by atoms with E-state index in [1.165, 1.54) is 13.1 Å². The summed E-state index contributed by atoms with van der Waals surface area (Å²) in [4.78, 5) is 14.1. The average molecular weight is 406 g/mol. The van der Waals surface area contributed by atoms with Gasteiger partial charge in [0.2, 0.25) is 5.91 Å². The number of carbonyl (C=O) groups is 1. The quantitative estimate of drug-likeness (QED) is 0.463. The van der Waals surface area contributed by atoms with E-state index in [0.717, 1.165) is 41.7 Å². The SMILES string of the molecule is CN(N)/C(=C\CC(F)(F)F)c1ccc(C(N)=O)cc1F.Fc1cncc(F)c1. The molecule has 4 N–H and O–H groups in total. The number of amides is 1. The maximum absolute atomic E-state index is 13.8. The van der Waals surface area contributed by atoms with Crippen molar-refractivity contribution in [2.75, 3.05) is 7.05 Å². The third-order valence-electron chi connectivity index (χ3n) is 3.11. The molecule has 0 atom stereocenters. The van der Waals surface area contributed by atoms with Crippen molar-refractivity contribution in [1.82, 2.24) is 9.99 Å². The first-order valence-corrected chi connectivity index (χ1v) is 7.52. The number of hydrazine groups is 1. The second kappa shape index (κ2) is 9.74. The molecule has 0 aliphatic heterocycles. The van der Waals surface area contributed by atoms with Crippen LogP contribution in [0.1, 0.15) is 22.3 Å². The minimum atomic E-state index is -4.43. The Morgan fingerprint density at radius 1 is 1.14 bits per heavy atom. The number of aromatic nitrogens is 1. The highest BCUT2D eigenvalue weighted by Gasteiger charge is 2.26. The topological polar surface area (TPSA) is 85.2 Å². The molecule has 1 aromatic heterocycles. The molecule has 1 amide bonds. The Kier molecular flexibility index (Phi) is 7.99. The van der Waals surface area contributed by atoms with E-state index in [1.807, 2.05) is 0 Å². The van der Waals surface area contributed by atoms with Crippen molar-refractivity contribution in [3.63, 3.8) is 0 Å². The predicted octanol–water partition coefficient (Wildman–Crippen LogP) is 3.38. The van der Waals surface area contributed by atoms with Crippen LogP contribution in [0.25, 0.3) is 5.70 Å². The summed E-state index contributed by atoms with van der Waals surface area (Å²) < 4.78 is 74.2. The Morgan fingerprint density at radius 2 is 1.71 bits per heavy atom. The van der Waals surface area contributed by atoms with Crippen LogP contribution in [-0.2, 0) is 0 Å². The van der Waals surface area contributed by atoms with Gasteiger partial charge >= 0.3 is 6.18 Å². The number of primary amides is 1. The number of rotatable bonds is 4. The Balaban J connectivity index is 0.000000406. The first kappa shape index (κ1) is 23.0. The fourth-order valence-electron chi connectivity index (χ4n) is 1.92. The number of hydrogen-bond acceptors (Lipinski definition) is 4. The number of hydrogen-bond donors (Lipinski definition) is 2. The van der Waals surface area contributed by atoms with Crippen LogP contribution in [-0.4, -0.2) is 29.1 Å². The van der Waals surface area contributed by atoms with Crippen LogP contribution in [0.5, 0.6) is 0 Å². The third-order valence-corrected chi connectivity index (χ3v) is 3.11. The lowest BCUT2D eigenvalue weighted by atomic mass is 10.1. The second-order valence-electron chi connectivity index (χ2n) is 5.40. The first-order valence-electron chi connectivity index (χ1n) is 7.52. The minimum absolute atomic E-state index is 0.0823. The van der Waals surface area contributed by atoms with Crippen molar-refractivity contribution in [3.05, 3.63) is 71.3 Å². The van der Waals surface area contributed by atoms with Crippen LogP contribution < -0.4 is 11.6 Å². The van der Waals surface area contributed by atoms with E-state index in [2.05, 4.69) is 4.98 Å². The maximum Gasteiger partial charge on any atom is 0.392 e. The van der Waals surface area contributed by atoms with Crippen molar-refractivity contribution in [2.24, 2.45) is 11.6 Å². The monoisotopic (exact) mass is 406 g/mol. The Morgan fingerprint density at radius 3 is 2.07 bits per heavy atom. The number of nitrogens with zero attached hydrogens (tertiary/aromatic N) is 2. The summed E-state index contributed by atoms with van der Waals surface area (Å²) in [5.74, 6) is 2.39. The van der Waals surface area contributed by atoms with E-state index in [-0.39, 0.29) is 16.8 Å². The highest BCUT2D eigenvalue weighted by atomic mass is 19.4. The lowest BCUT2D eigenvalue weighted by Gasteiger charge is -2.18. The molecule has 0 aliphatic carbocycles. The molecule has 0 saturated carbocycles. The van der Waals surface area contributed by atoms with Gasteiger partial charge in [0.05, 0.1) is 24.5 Å². The van der Waals surface area contributed by atoms with Gasteiger partial charge in [-0.05, 0) is 18.2 Å². The van der Waals surface area contributed by atoms with Gasteiger partial charge in [-0.1, -0.05) is 6.08 Å². The van der Waals surface area contributed by atoms with E-state index >= 15 is 0 Å². The standard InChI is InChI=1S/C12H13F4N3O.C5H3F2N/c1-19(18)10(4-5-12(14,15)16)8-3-2-7(11(17)20)6-9(8)13;6-4-1-5(7)3-8-2-4/h2-4,6H,5,18H2,1H3,(H2,17,20);1-3H/b10-4-;. The van der Waals surface area contributed by atoms with Gasteiger partial charge in [-0.25, -0.2) is 19.0 Å². The van der Waals surface area contributed by atoms with Crippen molar-refractivity contribution >= 4 is 11.6 Å². The molecule has 11 heteroatoms. The number of allylic oxidation sites excluding steroid dienone is 1. The van der Waals surface area contributed by atoms with Crippen molar-refractivity contribution in [3.8, 4) is 0 Å². The molecule has 0 spiro atoms. The molecule has 2 aromatic rings. The number of halogens is 6. The molecule has 0 aliphatic rings. The molecule has 0 fully saturated rings. The smallest absolute Gasteiger partial charge is 0.366 e. The summed E-state index contributed by atoms with van der Waals surface area (Å²) >= 11 is 0. The molecular weight excluding hydrogens is 390 g/mol. The zero-order chi connectivity index (χ0) is 21.5. The van der Waals surface area contributed by atoms with Crippen molar-refractivity contribution in [2.45, 2.75) is 12.6 Å². The number of pyridine rings is 1. The van der Waals surface area contributed by atoms with Gasteiger partial charge in [-0.2, -0.15) is 13.2 Å². The van der Waals surface area contributed by atoms with Crippen LogP contribution in [0.15, 0.2) is 42.7 Å². The highest BCUT2D eigenvalue weighted by Crippen LogP contribution is 2.26. The van der Waals surface area contributed by atoms with Gasteiger partial charge in [-0.15, -0.1) is 0 Å². The minimum Gasteiger partial charge on any atom is -0.366 e. The molecule has 0 bridgehead atoms. The van der Waals surface area contributed by atoms with Gasteiger partial charge in [0.15, 0.2) is 0 Å². The summed E-state index contributed by atoms with van der Waals surface area (Å²) in [6.07, 6.45) is -3.01. The Bertz CT molecular complexity index is 835. The lowest BCUT2D eigenvalue weighted by molar-refractivity contribution is -0.125. The summed E-state index contributed by atoms with van der Waals surface area (Å²) in [6, 6.07) is 3.99. The highest BCUT2D eigenvalue weighted by molar-refractivity contribution is 5.93. The predicted molar refractivity (Wildman–Crippen MR) is 89.7 cm³/mol. The maximum atomic E-state index is 13.8. The molecule has 0 unspecified atom stereocenters. The summed E-state index contributed by atoms with van der Waals surface area (Å²) in [7, 11) is 1.28. The zero-order valence-electron chi connectivity index (χ0n) is 14.5. The second-order valence-corrected chi connectivity index (χ2v) is 5.40. The van der Waals surface area contributed by atoms with Gasteiger partial charge < -0.3 is 10.7 Å². The molecular formula is C17H16F6N4O. The van der Waals surface area contributed by atoms with E-state index in [9.17, 15) is 31.1 Å². The number of alkyl halides is 3. The normalized spacial score (nSPS) is 11.5. The van der Waals surface area contributed by atoms with E-state index in [1.54, 1.807) is 0 Å². The van der Waals surface area contributed by atoms with Crippen LogP contribution >= 0.6 is 0 Å². The summed E-state index contributed by atoms with van der Waals surface area (Å²) in [5.41, 5.74) is 4.61. The first-order chi connectivity index (χ1) is 12.9. The molecule has 152 valence electrons. The molecule has 1 heterocycles. The van der Waals surface area contributed by atoms with E-state index in [0.29, 0.717) is 0 Å². The number of benzene rings is 1. The number of nitrogens with two attached hydrogens (primary N) is 2. The lowest BCUT2D eigenvalue weighted by Crippen LogP contribution is -2.25. The molecule has 1 aromatic carbocycles. The van der Waals surface area contributed by atoms with Gasteiger partial charge in [0.25, 0.3) is 0 Å². The van der Waals surface area contributed by atoms with Crippen LogP contribution in [0, 0.1) is 17.5 Å². The number of carbonyl (C=O) groups excluding carboxylic acids is 1. The van der Waals surface area contributed by atoms with Gasteiger partial charge in [-0.3, -0.25) is 9.78 Å². The zero-order valence-corrected chi connectivity index (χ0v) is 14.5. The van der Waals surface area contributed by atoms with E-state index in [4.69, 9.17) is 11.6 Å². The molecule has 0 saturated heterocycles. The van der Waals surface area contributed by atoms with Crippen LogP contribution in [0.3, 0.4) is 0 Å². The molecule has 5 nitrogen and oxygen atoms in total. The van der Waals surface area contributed by atoms with Gasteiger partial charge in [0.1, 0.15) is 17.5 Å². The van der Waals surface area contributed by atoms with Crippen LogP contribution in [0.4, 0.5) is 26.3 Å². The van der Waals surface area contributed by atoms with Crippen molar-refractivity contribution in [1.29, 1.82) is 0 Å². The van der Waals surface area contributed by atoms with Gasteiger partial charge in [0, 0.05) is 24.2 Å². The molecule has 2 rings (SSSR count). The Labute approximate surface area is 156 Å². The summed E-state index contributed by atoms with van der Waals surface area (Å²) in [5, 5.41) is 0.869. The largest absolute Gasteiger partial charge is 0.392 e. The van der Waals surface area contributed by atoms with E-state index < -0.39 is 36.0 Å². The van der Waals surface area contributed by atoms with Crippen LogP contribution in [0.2, 0.25) is 0 Å².